The molecular weight excluding hydrogens is 272 g/mol. The molecule has 1 aromatic rings. The minimum Gasteiger partial charge on any atom is -0.366 e. The first-order valence-corrected chi connectivity index (χ1v) is 7.06. The Morgan fingerprint density at radius 3 is 3.13 bits per heavy atom. The third kappa shape index (κ3) is 2.68. The van der Waals surface area contributed by atoms with E-state index in [2.05, 4.69) is 45.1 Å². The van der Waals surface area contributed by atoms with Gasteiger partial charge in [0.25, 0.3) is 0 Å². The van der Waals surface area contributed by atoms with Gasteiger partial charge in [-0.2, -0.15) is 11.8 Å². The van der Waals surface area contributed by atoms with E-state index in [0.717, 1.165) is 23.3 Å². The summed E-state index contributed by atoms with van der Waals surface area (Å²) in [6.45, 7) is 1.84. The van der Waals surface area contributed by atoms with Gasteiger partial charge in [-0.25, -0.2) is 0 Å². The molecule has 0 bridgehead atoms. The van der Waals surface area contributed by atoms with Crippen molar-refractivity contribution in [3.05, 3.63) is 28.7 Å². The second-order valence-corrected chi connectivity index (χ2v) is 5.70. The number of hydrogen-bond donors (Lipinski definition) is 1. The average molecular weight is 287 g/mol. The van der Waals surface area contributed by atoms with Crippen molar-refractivity contribution in [3.63, 3.8) is 0 Å². The smallest absolute Gasteiger partial charge is 0.0503 e. The van der Waals surface area contributed by atoms with Gasteiger partial charge < -0.3 is 10.6 Å². The zero-order valence-corrected chi connectivity index (χ0v) is 10.9. The molecular formula is C11H15BrN2S. The fourth-order valence-corrected chi connectivity index (χ4v) is 3.31. The lowest BCUT2D eigenvalue weighted by atomic mass is 10.2. The van der Waals surface area contributed by atoms with Gasteiger partial charge in [-0.15, -0.1) is 0 Å². The van der Waals surface area contributed by atoms with Gasteiger partial charge >= 0.3 is 0 Å². The maximum absolute atomic E-state index is 5.80. The molecule has 0 aliphatic carbocycles. The number of thioether (sulfide) groups is 1. The van der Waals surface area contributed by atoms with Crippen LogP contribution in [0, 0.1) is 0 Å². The summed E-state index contributed by atoms with van der Waals surface area (Å²) in [6, 6.07) is 8.94. The summed E-state index contributed by atoms with van der Waals surface area (Å²) in [4.78, 5) is 2.42. The highest BCUT2D eigenvalue weighted by Gasteiger charge is 2.21. The molecule has 1 unspecified atom stereocenters. The Hall–Kier alpha value is -0.190. The molecule has 1 aliphatic heterocycles. The fourth-order valence-electron chi connectivity index (χ4n) is 1.84. The van der Waals surface area contributed by atoms with Crippen LogP contribution in [-0.4, -0.2) is 30.6 Å². The van der Waals surface area contributed by atoms with Gasteiger partial charge in [0.1, 0.15) is 0 Å². The number of nitrogens with two attached hydrogens (primary N) is 1. The van der Waals surface area contributed by atoms with Gasteiger partial charge in [-0.3, -0.25) is 0 Å². The first-order valence-electron chi connectivity index (χ1n) is 5.11. The summed E-state index contributed by atoms with van der Waals surface area (Å²) in [6.07, 6.45) is 0. The number of nitrogens with zero attached hydrogens (tertiary/aromatic N) is 1. The maximum Gasteiger partial charge on any atom is 0.0503 e. The van der Waals surface area contributed by atoms with Crippen molar-refractivity contribution in [1.29, 1.82) is 0 Å². The first kappa shape index (κ1) is 11.3. The zero-order valence-electron chi connectivity index (χ0n) is 8.53. The Kier molecular flexibility index (Phi) is 3.94. The van der Waals surface area contributed by atoms with Crippen LogP contribution in [-0.2, 0) is 0 Å². The summed E-state index contributed by atoms with van der Waals surface area (Å²) in [5.74, 6) is 2.34. The molecule has 0 spiro atoms. The lowest BCUT2D eigenvalue weighted by Crippen LogP contribution is -2.46. The minimum atomic E-state index is 0.484. The largest absolute Gasteiger partial charge is 0.366 e. The maximum atomic E-state index is 5.80. The van der Waals surface area contributed by atoms with Gasteiger partial charge in [0.05, 0.1) is 6.04 Å². The molecule has 15 heavy (non-hydrogen) atoms. The predicted molar refractivity (Wildman–Crippen MR) is 71.7 cm³/mol. The van der Waals surface area contributed by atoms with Crippen molar-refractivity contribution in [2.24, 2.45) is 5.73 Å². The molecule has 1 atom stereocenters. The molecule has 0 amide bonds. The molecule has 82 valence electrons. The van der Waals surface area contributed by atoms with Crippen molar-refractivity contribution in [3.8, 4) is 0 Å². The van der Waals surface area contributed by atoms with Crippen molar-refractivity contribution in [1.82, 2.24) is 0 Å². The second kappa shape index (κ2) is 5.23. The highest BCUT2D eigenvalue weighted by Crippen LogP contribution is 2.25. The monoisotopic (exact) mass is 286 g/mol. The van der Waals surface area contributed by atoms with E-state index < -0.39 is 0 Å². The van der Waals surface area contributed by atoms with E-state index in [9.17, 15) is 0 Å². The molecule has 1 aliphatic rings. The molecule has 1 aromatic carbocycles. The highest BCUT2D eigenvalue weighted by atomic mass is 79.9. The summed E-state index contributed by atoms with van der Waals surface area (Å²) in [7, 11) is 0. The van der Waals surface area contributed by atoms with Crippen molar-refractivity contribution in [2.75, 3.05) is 29.5 Å². The van der Waals surface area contributed by atoms with E-state index in [1.165, 1.54) is 11.4 Å². The van der Waals surface area contributed by atoms with Crippen LogP contribution in [0.1, 0.15) is 0 Å². The quantitative estimate of drug-likeness (QED) is 0.905. The number of rotatable bonds is 2. The van der Waals surface area contributed by atoms with Gasteiger partial charge in [0.2, 0.25) is 0 Å². The number of benzene rings is 1. The van der Waals surface area contributed by atoms with E-state index in [-0.39, 0.29) is 0 Å². The van der Waals surface area contributed by atoms with Crippen LogP contribution in [0.3, 0.4) is 0 Å². The molecule has 2 nitrogen and oxygen atoms in total. The first-order chi connectivity index (χ1) is 7.31. The van der Waals surface area contributed by atoms with E-state index in [1.54, 1.807) is 0 Å². The summed E-state index contributed by atoms with van der Waals surface area (Å²) < 4.78 is 1.13. The standard InChI is InChI=1S/C11H15BrN2S/c12-9-2-1-3-10(6-9)14-4-5-15-8-11(14)7-13/h1-3,6,11H,4-5,7-8,13H2. The Balaban J connectivity index is 2.20. The number of hydrogen-bond acceptors (Lipinski definition) is 3. The molecule has 4 heteroatoms. The SMILES string of the molecule is NCC1CSCCN1c1cccc(Br)c1. The van der Waals surface area contributed by atoms with Gasteiger partial charge in [-0.1, -0.05) is 22.0 Å². The van der Waals surface area contributed by atoms with Crippen molar-refractivity contribution < 1.29 is 0 Å². The Morgan fingerprint density at radius 1 is 1.53 bits per heavy atom. The predicted octanol–water partition coefficient (Wildman–Crippen LogP) is 2.33. The van der Waals surface area contributed by atoms with Gasteiger partial charge in [0.15, 0.2) is 0 Å². The number of anilines is 1. The number of halogens is 1. The highest BCUT2D eigenvalue weighted by molar-refractivity contribution is 9.10. The zero-order chi connectivity index (χ0) is 10.7. The summed E-state index contributed by atoms with van der Waals surface area (Å²) in [5, 5.41) is 0. The van der Waals surface area contributed by atoms with E-state index in [1.807, 2.05) is 11.8 Å². The Morgan fingerprint density at radius 2 is 2.40 bits per heavy atom. The van der Waals surface area contributed by atoms with Crippen LogP contribution in [0.15, 0.2) is 28.7 Å². The van der Waals surface area contributed by atoms with Crippen LogP contribution in [0.4, 0.5) is 5.69 Å². The molecule has 0 saturated carbocycles. The Labute approximate surface area is 103 Å². The second-order valence-electron chi connectivity index (χ2n) is 3.64. The van der Waals surface area contributed by atoms with Crippen LogP contribution in [0.5, 0.6) is 0 Å². The molecule has 0 aromatic heterocycles. The lowest BCUT2D eigenvalue weighted by Gasteiger charge is -2.36. The van der Waals surface area contributed by atoms with Gasteiger partial charge in [0, 0.05) is 34.8 Å². The van der Waals surface area contributed by atoms with Crippen LogP contribution in [0.2, 0.25) is 0 Å². The molecule has 2 rings (SSSR count). The minimum absolute atomic E-state index is 0.484. The summed E-state index contributed by atoms with van der Waals surface area (Å²) >= 11 is 5.50. The topological polar surface area (TPSA) is 29.3 Å². The van der Waals surface area contributed by atoms with Crippen molar-refractivity contribution in [2.45, 2.75) is 6.04 Å². The van der Waals surface area contributed by atoms with Crippen LogP contribution < -0.4 is 10.6 Å². The van der Waals surface area contributed by atoms with Crippen LogP contribution >= 0.6 is 27.7 Å². The molecule has 2 N–H and O–H groups in total. The third-order valence-electron chi connectivity index (χ3n) is 2.64. The molecule has 1 fully saturated rings. The van der Waals surface area contributed by atoms with E-state index >= 15 is 0 Å². The third-order valence-corrected chi connectivity index (χ3v) is 4.22. The van der Waals surface area contributed by atoms with Crippen LogP contribution in [0.25, 0.3) is 0 Å². The average Bonchev–Trinajstić information content (AvgIpc) is 2.29. The van der Waals surface area contributed by atoms with E-state index in [4.69, 9.17) is 5.73 Å². The molecule has 0 radical (unpaired) electrons. The van der Waals surface area contributed by atoms with Gasteiger partial charge in [-0.05, 0) is 18.2 Å². The van der Waals surface area contributed by atoms with E-state index in [0.29, 0.717) is 6.04 Å². The molecule has 1 saturated heterocycles. The normalized spacial score (nSPS) is 21.7. The van der Waals surface area contributed by atoms with Crippen molar-refractivity contribution >= 4 is 33.4 Å². The summed E-state index contributed by atoms with van der Waals surface area (Å²) in [5.41, 5.74) is 7.08. The fraction of sp³-hybridized carbons (Fsp3) is 0.455. The molecule has 1 heterocycles. The lowest BCUT2D eigenvalue weighted by molar-refractivity contribution is 0.655. The Bertz CT molecular complexity index is 332.